The van der Waals surface area contributed by atoms with Crippen molar-refractivity contribution in [1.29, 1.82) is 0 Å². The average Bonchev–Trinajstić information content (AvgIpc) is 3.01. The fourth-order valence-corrected chi connectivity index (χ4v) is 5.12. The van der Waals surface area contributed by atoms with Crippen LogP contribution >= 0.6 is 24.0 Å². The van der Waals surface area contributed by atoms with E-state index in [1.54, 1.807) is 0 Å². The minimum absolute atomic E-state index is 0.0532. The largest absolute Gasteiger partial charge is 0.489 e. The van der Waals surface area contributed by atoms with Crippen molar-refractivity contribution in [3.63, 3.8) is 0 Å². The zero-order valence-electron chi connectivity index (χ0n) is 15.7. The first kappa shape index (κ1) is 19.2. The first-order valence-corrected chi connectivity index (χ1v) is 11.0. The zero-order valence-corrected chi connectivity index (χ0v) is 17.3. The maximum atomic E-state index is 12.9. The summed E-state index contributed by atoms with van der Waals surface area (Å²) in [6, 6.07) is 18.2. The average molecular weight is 410 g/mol. The highest BCUT2D eigenvalue weighted by molar-refractivity contribution is 8.26. The standard InChI is InChI=1S/C23H23NO2S2/c25-22-21(28-23(27)24(22)19-11-5-2-6-12-19)15-18-10-7-13-20(14-18)26-16-17-8-3-1-4-9-17/h1,3-4,7-10,13-15,19H,2,5-6,11-12,16H2. The number of ether oxygens (including phenoxy) is 1. The third-order valence-electron chi connectivity index (χ3n) is 5.17. The van der Waals surface area contributed by atoms with E-state index in [2.05, 4.69) is 0 Å². The van der Waals surface area contributed by atoms with Gasteiger partial charge < -0.3 is 4.74 Å². The van der Waals surface area contributed by atoms with Gasteiger partial charge in [-0.1, -0.05) is 85.7 Å². The summed E-state index contributed by atoms with van der Waals surface area (Å²) in [5, 5.41) is 0. The van der Waals surface area contributed by atoms with Crippen molar-refractivity contribution < 1.29 is 9.53 Å². The molecule has 1 heterocycles. The molecule has 2 aromatic carbocycles. The molecule has 5 heteroatoms. The molecule has 1 aliphatic heterocycles. The van der Waals surface area contributed by atoms with Gasteiger partial charge in [0, 0.05) is 6.04 Å². The van der Waals surface area contributed by atoms with Gasteiger partial charge in [0.25, 0.3) is 5.91 Å². The number of rotatable bonds is 5. The van der Waals surface area contributed by atoms with E-state index in [1.807, 2.05) is 65.6 Å². The predicted octanol–water partition coefficient (Wildman–Crippen LogP) is 5.80. The van der Waals surface area contributed by atoms with Gasteiger partial charge in [0.2, 0.25) is 0 Å². The molecule has 28 heavy (non-hydrogen) atoms. The quantitative estimate of drug-likeness (QED) is 0.461. The van der Waals surface area contributed by atoms with Crippen molar-refractivity contribution in [2.75, 3.05) is 0 Å². The van der Waals surface area contributed by atoms with Crippen molar-refractivity contribution in [1.82, 2.24) is 4.90 Å². The summed E-state index contributed by atoms with van der Waals surface area (Å²) in [7, 11) is 0. The highest BCUT2D eigenvalue weighted by Gasteiger charge is 2.37. The number of thioether (sulfide) groups is 1. The predicted molar refractivity (Wildman–Crippen MR) is 119 cm³/mol. The maximum Gasteiger partial charge on any atom is 0.266 e. The molecule has 144 valence electrons. The smallest absolute Gasteiger partial charge is 0.266 e. The molecule has 0 bridgehead atoms. The van der Waals surface area contributed by atoms with Crippen LogP contribution in [-0.2, 0) is 11.4 Å². The summed E-state index contributed by atoms with van der Waals surface area (Å²) in [6.45, 7) is 0.522. The van der Waals surface area contributed by atoms with Crippen LogP contribution in [0.15, 0.2) is 59.5 Å². The summed E-state index contributed by atoms with van der Waals surface area (Å²) < 4.78 is 6.60. The molecule has 3 nitrogen and oxygen atoms in total. The first-order chi connectivity index (χ1) is 13.7. The van der Waals surface area contributed by atoms with Gasteiger partial charge in [-0.2, -0.15) is 0 Å². The third kappa shape index (κ3) is 4.47. The minimum atomic E-state index is 0.0532. The van der Waals surface area contributed by atoms with Crippen LogP contribution in [0, 0.1) is 0 Å². The Labute approximate surface area is 175 Å². The van der Waals surface area contributed by atoms with Gasteiger partial charge in [-0.25, -0.2) is 0 Å². The molecule has 0 radical (unpaired) electrons. The molecule has 1 aliphatic carbocycles. The van der Waals surface area contributed by atoms with E-state index < -0.39 is 0 Å². The second-order valence-corrected chi connectivity index (χ2v) is 8.87. The van der Waals surface area contributed by atoms with Crippen LogP contribution in [-0.4, -0.2) is 21.2 Å². The highest BCUT2D eigenvalue weighted by atomic mass is 32.2. The molecule has 2 aliphatic rings. The van der Waals surface area contributed by atoms with Crippen LogP contribution in [0.4, 0.5) is 0 Å². The van der Waals surface area contributed by atoms with Crippen molar-refractivity contribution in [2.24, 2.45) is 0 Å². The van der Waals surface area contributed by atoms with Gasteiger partial charge >= 0.3 is 0 Å². The van der Waals surface area contributed by atoms with Crippen molar-refractivity contribution >= 4 is 40.3 Å². The summed E-state index contributed by atoms with van der Waals surface area (Å²) in [4.78, 5) is 15.5. The monoisotopic (exact) mass is 409 g/mol. The fourth-order valence-electron chi connectivity index (χ4n) is 3.72. The van der Waals surface area contributed by atoms with Gasteiger partial charge in [-0.15, -0.1) is 0 Å². The Bertz CT molecular complexity index is 888. The van der Waals surface area contributed by atoms with Crippen LogP contribution in [0.3, 0.4) is 0 Å². The number of nitrogens with zero attached hydrogens (tertiary/aromatic N) is 1. The van der Waals surface area contributed by atoms with Crippen molar-refractivity contribution in [3.8, 4) is 5.75 Å². The van der Waals surface area contributed by atoms with E-state index in [-0.39, 0.29) is 11.9 Å². The number of carbonyl (C=O) groups is 1. The lowest BCUT2D eigenvalue weighted by Crippen LogP contribution is -2.39. The Morgan fingerprint density at radius 1 is 1.07 bits per heavy atom. The molecule has 1 amide bonds. The molecule has 0 aromatic heterocycles. The number of thiocarbonyl (C=S) groups is 1. The fraction of sp³-hybridized carbons (Fsp3) is 0.304. The summed E-state index contributed by atoms with van der Waals surface area (Å²) >= 11 is 6.93. The summed E-state index contributed by atoms with van der Waals surface area (Å²) in [5.74, 6) is 0.845. The van der Waals surface area contributed by atoms with E-state index in [9.17, 15) is 4.79 Å². The second kappa shape index (κ2) is 8.93. The number of amides is 1. The van der Waals surface area contributed by atoms with Gasteiger partial charge in [-0.3, -0.25) is 9.69 Å². The second-order valence-electron chi connectivity index (χ2n) is 7.19. The molecule has 1 saturated heterocycles. The topological polar surface area (TPSA) is 29.5 Å². The molecule has 2 fully saturated rings. The molecule has 0 spiro atoms. The van der Waals surface area contributed by atoms with Gasteiger partial charge in [-0.05, 0) is 42.2 Å². The summed E-state index contributed by atoms with van der Waals surface area (Å²) in [6.07, 6.45) is 7.67. The van der Waals surface area contributed by atoms with Crippen molar-refractivity contribution in [3.05, 3.63) is 70.6 Å². The first-order valence-electron chi connectivity index (χ1n) is 9.74. The Hall–Kier alpha value is -2.11. The molecular formula is C23H23NO2S2. The van der Waals surface area contributed by atoms with E-state index in [4.69, 9.17) is 17.0 Å². The molecular weight excluding hydrogens is 386 g/mol. The Morgan fingerprint density at radius 2 is 1.86 bits per heavy atom. The van der Waals surface area contributed by atoms with E-state index in [1.165, 1.54) is 31.0 Å². The maximum absolute atomic E-state index is 12.9. The Balaban J connectivity index is 1.46. The SMILES string of the molecule is O=C1C(=Cc2cccc(OCc3ccccc3)c2)SC(=S)N1C1CCCCC1. The normalized spacial score (nSPS) is 19.4. The molecule has 4 rings (SSSR count). The Kier molecular flexibility index (Phi) is 6.13. The number of carbonyl (C=O) groups excluding carboxylic acids is 1. The lowest BCUT2D eigenvalue weighted by Gasteiger charge is -2.29. The van der Waals surface area contributed by atoms with Crippen LogP contribution in [0.1, 0.15) is 43.2 Å². The zero-order chi connectivity index (χ0) is 19.3. The molecule has 1 saturated carbocycles. The minimum Gasteiger partial charge on any atom is -0.489 e. The number of hydrogen-bond donors (Lipinski definition) is 0. The molecule has 2 aromatic rings. The van der Waals surface area contributed by atoms with Gasteiger partial charge in [0.1, 0.15) is 16.7 Å². The van der Waals surface area contributed by atoms with E-state index >= 15 is 0 Å². The molecule has 0 N–H and O–H groups in total. The van der Waals surface area contributed by atoms with Crippen LogP contribution in [0.5, 0.6) is 5.75 Å². The Morgan fingerprint density at radius 3 is 2.64 bits per heavy atom. The molecule has 0 unspecified atom stereocenters. The van der Waals surface area contributed by atoms with Crippen molar-refractivity contribution in [2.45, 2.75) is 44.8 Å². The summed E-state index contributed by atoms with van der Waals surface area (Å²) in [5.41, 5.74) is 2.08. The number of benzene rings is 2. The van der Waals surface area contributed by atoms with E-state index in [0.29, 0.717) is 15.8 Å². The van der Waals surface area contributed by atoms with E-state index in [0.717, 1.165) is 29.7 Å². The lowest BCUT2D eigenvalue weighted by molar-refractivity contribution is -0.124. The van der Waals surface area contributed by atoms with Crippen LogP contribution < -0.4 is 4.74 Å². The molecule has 0 atom stereocenters. The van der Waals surface area contributed by atoms with Crippen LogP contribution in [0.25, 0.3) is 6.08 Å². The number of hydrogen-bond acceptors (Lipinski definition) is 4. The lowest BCUT2D eigenvalue weighted by atomic mass is 9.94. The van der Waals surface area contributed by atoms with Gasteiger partial charge in [0.15, 0.2) is 0 Å². The van der Waals surface area contributed by atoms with Gasteiger partial charge in [0.05, 0.1) is 4.91 Å². The third-order valence-corrected chi connectivity index (χ3v) is 6.50. The van der Waals surface area contributed by atoms with Crippen LogP contribution in [0.2, 0.25) is 0 Å². The highest BCUT2D eigenvalue weighted by Crippen LogP contribution is 2.37.